The van der Waals surface area contributed by atoms with Crippen LogP contribution >= 0.6 is 12.4 Å². The highest BCUT2D eigenvalue weighted by molar-refractivity contribution is 5.85. The molecule has 0 saturated carbocycles. The van der Waals surface area contributed by atoms with Crippen LogP contribution in [0.15, 0.2) is 12.1 Å². The van der Waals surface area contributed by atoms with Gasteiger partial charge in [0.2, 0.25) is 0 Å². The number of nitrogens with zero attached hydrogens (tertiary/aromatic N) is 1. The predicted molar refractivity (Wildman–Crippen MR) is 59.6 cm³/mol. The third-order valence-corrected chi connectivity index (χ3v) is 2.13. The molecule has 0 bridgehead atoms. The first-order valence-corrected chi connectivity index (χ1v) is 4.27. The van der Waals surface area contributed by atoms with Crippen molar-refractivity contribution in [2.45, 2.75) is 13.0 Å². The number of hydrogen-bond acceptors (Lipinski definition) is 4. The second-order valence-electron chi connectivity index (χ2n) is 3.18. The van der Waals surface area contributed by atoms with Crippen LogP contribution in [0.3, 0.4) is 0 Å². The van der Waals surface area contributed by atoms with Crippen LogP contribution in [0.5, 0.6) is 5.75 Å². The minimum atomic E-state index is -1.18. The van der Waals surface area contributed by atoms with Crippen molar-refractivity contribution in [1.29, 1.82) is 0 Å². The number of nitrogens with two attached hydrogens (primary N) is 1. The average molecular weight is 251 g/mol. The van der Waals surface area contributed by atoms with E-state index in [1.54, 1.807) is 6.92 Å². The zero-order chi connectivity index (χ0) is 11.6. The lowest BCUT2D eigenvalue weighted by molar-refractivity contribution is -0.385. The highest BCUT2D eigenvalue weighted by Gasteiger charge is 2.24. The summed E-state index contributed by atoms with van der Waals surface area (Å²) < 4.78 is 12.4. The molecule has 0 aliphatic heterocycles. The molecular weight excluding hydrogens is 239 g/mol. The molecule has 3 N–H and O–H groups in total. The minimum absolute atomic E-state index is 0. The fraction of sp³-hybridized carbons (Fsp3) is 0.333. The number of phenolic OH excluding ortho intramolecular Hbond substituents is 1. The van der Waals surface area contributed by atoms with Crippen LogP contribution in [-0.4, -0.2) is 16.7 Å². The zero-order valence-corrected chi connectivity index (χ0v) is 9.33. The molecule has 0 spiro atoms. The van der Waals surface area contributed by atoms with Gasteiger partial charge in [-0.25, -0.2) is 4.39 Å². The molecule has 0 radical (unpaired) electrons. The Labute approximate surface area is 97.6 Å². The van der Waals surface area contributed by atoms with Gasteiger partial charge >= 0.3 is 0 Å². The van der Waals surface area contributed by atoms with Gasteiger partial charge in [0.05, 0.1) is 16.5 Å². The van der Waals surface area contributed by atoms with Crippen LogP contribution in [-0.2, 0) is 0 Å². The van der Waals surface area contributed by atoms with E-state index >= 15 is 0 Å². The molecule has 1 aromatic rings. The van der Waals surface area contributed by atoms with Crippen molar-refractivity contribution >= 4 is 18.1 Å². The van der Waals surface area contributed by atoms with Gasteiger partial charge in [0, 0.05) is 6.07 Å². The fourth-order valence-electron chi connectivity index (χ4n) is 1.31. The number of phenols is 1. The van der Waals surface area contributed by atoms with Crippen LogP contribution in [0.1, 0.15) is 17.2 Å². The lowest BCUT2D eigenvalue weighted by atomic mass is 10.0. The summed E-state index contributed by atoms with van der Waals surface area (Å²) in [5.74, 6) is -0.311. The van der Waals surface area contributed by atoms with E-state index in [0.717, 1.165) is 0 Å². The maximum atomic E-state index is 12.4. The van der Waals surface area contributed by atoms with Crippen molar-refractivity contribution < 1.29 is 14.4 Å². The molecule has 0 fully saturated rings. The van der Waals surface area contributed by atoms with Crippen LogP contribution in [0.2, 0.25) is 0 Å². The number of nitro benzene ring substituents is 1. The van der Waals surface area contributed by atoms with Crippen molar-refractivity contribution in [2.24, 2.45) is 5.73 Å². The quantitative estimate of drug-likeness (QED) is 0.634. The maximum Gasteiger partial charge on any atom is 0.278 e. The fourth-order valence-corrected chi connectivity index (χ4v) is 1.31. The number of alkyl halides is 1. The van der Waals surface area contributed by atoms with Crippen LogP contribution < -0.4 is 5.73 Å². The van der Waals surface area contributed by atoms with E-state index in [-0.39, 0.29) is 29.4 Å². The van der Waals surface area contributed by atoms with E-state index < -0.39 is 17.6 Å². The summed E-state index contributed by atoms with van der Waals surface area (Å²) in [6.45, 7) is 0.603. The predicted octanol–water partition coefficient (Wildman–Crippen LogP) is 2.00. The van der Waals surface area contributed by atoms with E-state index in [4.69, 9.17) is 5.73 Å². The summed E-state index contributed by atoms with van der Waals surface area (Å²) in [7, 11) is 0. The number of rotatable bonds is 3. The molecule has 0 aromatic heterocycles. The molecule has 1 atom stereocenters. The summed E-state index contributed by atoms with van der Waals surface area (Å²) in [5.41, 5.74) is 5.28. The lowest BCUT2D eigenvalue weighted by Crippen LogP contribution is -2.14. The van der Waals surface area contributed by atoms with E-state index in [1.807, 2.05) is 0 Å². The molecule has 16 heavy (non-hydrogen) atoms. The summed E-state index contributed by atoms with van der Waals surface area (Å²) in [5, 5.41) is 20.2. The third-order valence-electron chi connectivity index (χ3n) is 2.13. The number of aryl methyl sites for hydroxylation is 1. The van der Waals surface area contributed by atoms with Gasteiger partial charge in [-0.2, -0.15) is 0 Å². The molecule has 0 aliphatic carbocycles. The molecule has 0 saturated heterocycles. The van der Waals surface area contributed by atoms with Gasteiger partial charge in [-0.3, -0.25) is 10.1 Å². The van der Waals surface area contributed by atoms with Gasteiger partial charge in [-0.1, -0.05) is 0 Å². The molecule has 0 amide bonds. The maximum absolute atomic E-state index is 12.4. The number of halogens is 2. The molecule has 1 rings (SSSR count). The van der Waals surface area contributed by atoms with E-state index in [0.29, 0.717) is 5.56 Å². The molecule has 5 nitrogen and oxygen atoms in total. The summed E-state index contributed by atoms with van der Waals surface area (Å²) in [4.78, 5) is 9.93. The van der Waals surface area contributed by atoms with Gasteiger partial charge in [-0.15, -0.1) is 12.4 Å². The topological polar surface area (TPSA) is 89.4 Å². The van der Waals surface area contributed by atoms with Crippen molar-refractivity contribution in [3.8, 4) is 5.75 Å². The van der Waals surface area contributed by atoms with Crippen LogP contribution in [0.25, 0.3) is 0 Å². The Morgan fingerprint density at radius 2 is 2.19 bits per heavy atom. The number of nitro groups is 1. The van der Waals surface area contributed by atoms with Gasteiger partial charge in [-0.05, 0) is 18.6 Å². The van der Waals surface area contributed by atoms with Gasteiger partial charge in [0.1, 0.15) is 12.4 Å². The first kappa shape index (κ1) is 14.6. The van der Waals surface area contributed by atoms with Crippen molar-refractivity contribution in [3.05, 3.63) is 33.4 Å². The molecule has 0 heterocycles. The highest BCUT2D eigenvalue weighted by atomic mass is 35.5. The van der Waals surface area contributed by atoms with E-state index in [9.17, 15) is 19.6 Å². The second kappa shape index (κ2) is 5.62. The third kappa shape index (κ3) is 2.59. The molecule has 7 heteroatoms. The van der Waals surface area contributed by atoms with Gasteiger partial charge in [0.25, 0.3) is 5.69 Å². The Balaban J connectivity index is 0.00000225. The monoisotopic (exact) mass is 250 g/mol. The van der Waals surface area contributed by atoms with E-state index in [2.05, 4.69) is 0 Å². The lowest BCUT2D eigenvalue weighted by Gasteiger charge is -2.11. The molecule has 0 unspecified atom stereocenters. The Kier molecular flexibility index (Phi) is 5.13. The second-order valence-corrected chi connectivity index (χ2v) is 3.18. The van der Waals surface area contributed by atoms with Gasteiger partial charge in [0.15, 0.2) is 0 Å². The van der Waals surface area contributed by atoms with Crippen LogP contribution in [0, 0.1) is 17.0 Å². The first-order chi connectivity index (χ1) is 6.99. The Morgan fingerprint density at radius 1 is 1.62 bits per heavy atom. The molecule has 90 valence electrons. The van der Waals surface area contributed by atoms with Crippen molar-refractivity contribution in [2.75, 3.05) is 6.67 Å². The largest absolute Gasteiger partial charge is 0.507 e. The normalized spacial score (nSPS) is 11.7. The summed E-state index contributed by atoms with van der Waals surface area (Å²) in [6.07, 6.45) is 0. The minimum Gasteiger partial charge on any atom is -0.507 e. The SMILES string of the molecule is Cc1ccc([N+](=O)[O-])c([C@@H](N)CF)c1O.Cl. The summed E-state index contributed by atoms with van der Waals surface area (Å²) >= 11 is 0. The van der Waals surface area contributed by atoms with Crippen LogP contribution in [0.4, 0.5) is 10.1 Å². The zero-order valence-electron chi connectivity index (χ0n) is 8.51. The van der Waals surface area contributed by atoms with E-state index in [1.165, 1.54) is 12.1 Å². The average Bonchev–Trinajstić information content (AvgIpc) is 2.20. The molecule has 1 aromatic carbocycles. The molecular formula is C9H12ClFN2O3. The Morgan fingerprint density at radius 3 is 2.62 bits per heavy atom. The number of aromatic hydroxyl groups is 1. The standard InChI is InChI=1S/C9H11FN2O3.ClH/c1-5-2-3-7(12(14)15)8(9(5)13)6(11)4-10;/h2-3,6,13H,4,11H2,1H3;1H/t6-;/m0./s1. The smallest absolute Gasteiger partial charge is 0.278 e. The number of hydrogen-bond donors (Lipinski definition) is 2. The van der Waals surface area contributed by atoms with Crippen molar-refractivity contribution in [3.63, 3.8) is 0 Å². The van der Waals surface area contributed by atoms with Crippen molar-refractivity contribution in [1.82, 2.24) is 0 Å². The number of benzene rings is 1. The Bertz CT molecular complexity index is 401. The molecule has 0 aliphatic rings. The first-order valence-electron chi connectivity index (χ1n) is 4.27. The Hall–Kier alpha value is -1.40. The van der Waals surface area contributed by atoms with Gasteiger partial charge < -0.3 is 10.8 Å². The summed E-state index contributed by atoms with van der Waals surface area (Å²) in [6, 6.07) is 1.42. The highest BCUT2D eigenvalue weighted by Crippen LogP contribution is 2.34.